The summed E-state index contributed by atoms with van der Waals surface area (Å²) in [4.78, 5) is 10.9. The van der Waals surface area contributed by atoms with Gasteiger partial charge in [-0.05, 0) is 12.8 Å². The number of carboxylic acid groups (broad SMARTS) is 1. The van der Waals surface area contributed by atoms with Crippen molar-refractivity contribution in [3.05, 3.63) is 34.2 Å². The van der Waals surface area contributed by atoms with Crippen LogP contribution in [0.2, 0.25) is 0 Å². The summed E-state index contributed by atoms with van der Waals surface area (Å²) in [5, 5.41) is 8.75. The van der Waals surface area contributed by atoms with E-state index in [0.29, 0.717) is 6.42 Å². The number of aliphatic carboxylic acids is 1. The fraction of sp³-hybridized carbons (Fsp3) is 0.400. The fourth-order valence-electron chi connectivity index (χ4n) is 2.46. The van der Waals surface area contributed by atoms with E-state index < -0.39 is 70.1 Å². The van der Waals surface area contributed by atoms with Gasteiger partial charge in [-0.3, -0.25) is 0 Å². The van der Waals surface area contributed by atoms with Crippen LogP contribution in [0.25, 0.3) is 5.83 Å². The Kier molecular flexibility index (Phi) is 4.95. The molecule has 11 heteroatoms. The van der Waals surface area contributed by atoms with E-state index in [1.54, 1.807) is 6.92 Å². The largest absolute Gasteiger partial charge is 0.478 e. The van der Waals surface area contributed by atoms with Gasteiger partial charge in [0.15, 0.2) is 28.9 Å². The van der Waals surface area contributed by atoms with Crippen LogP contribution in [0.1, 0.15) is 30.9 Å². The number of halogens is 8. The third-order valence-corrected chi connectivity index (χ3v) is 3.73. The monoisotopic (exact) mass is 390 g/mol. The van der Waals surface area contributed by atoms with E-state index in [1.165, 1.54) is 0 Å². The van der Waals surface area contributed by atoms with Gasteiger partial charge in [-0.2, -0.15) is 17.6 Å². The van der Waals surface area contributed by atoms with Crippen molar-refractivity contribution in [2.24, 2.45) is 0 Å². The average Bonchev–Trinajstić information content (AvgIpc) is 2.51. The second kappa shape index (κ2) is 6.44. The molecule has 3 nitrogen and oxygen atoms in total. The van der Waals surface area contributed by atoms with Crippen molar-refractivity contribution in [2.75, 3.05) is 0 Å². The maximum atomic E-state index is 14.4. The molecular formula is C15H10F8O3. The maximum absolute atomic E-state index is 14.4. The number of unbranched alkanes of at least 4 members (excludes halogenated alkanes) is 1. The van der Waals surface area contributed by atoms with Crippen molar-refractivity contribution >= 4 is 11.8 Å². The lowest BCUT2D eigenvalue weighted by atomic mass is 9.93. The molecule has 0 saturated heterocycles. The third-order valence-electron chi connectivity index (χ3n) is 3.73. The summed E-state index contributed by atoms with van der Waals surface area (Å²) in [5.41, 5.74) is -5.33. The zero-order valence-electron chi connectivity index (χ0n) is 12.9. The van der Waals surface area contributed by atoms with Crippen LogP contribution in [0.3, 0.4) is 0 Å². The van der Waals surface area contributed by atoms with E-state index in [2.05, 4.69) is 4.74 Å². The Bertz CT molecular complexity index is 799. The van der Waals surface area contributed by atoms with Gasteiger partial charge < -0.3 is 9.84 Å². The predicted octanol–water partition coefficient (Wildman–Crippen LogP) is 4.83. The van der Waals surface area contributed by atoms with E-state index in [9.17, 15) is 39.9 Å². The molecule has 0 spiro atoms. The molecule has 1 atom stereocenters. The van der Waals surface area contributed by atoms with Gasteiger partial charge in [-0.1, -0.05) is 13.3 Å². The molecule has 0 radical (unpaired) electrons. The number of hydrogen-bond donors (Lipinski definition) is 1. The summed E-state index contributed by atoms with van der Waals surface area (Å²) >= 11 is 0. The minimum absolute atomic E-state index is 0.0419. The number of rotatable bonds is 4. The Morgan fingerprint density at radius 2 is 1.69 bits per heavy atom. The smallest absolute Gasteiger partial charge is 0.465 e. The molecule has 1 heterocycles. The molecule has 1 aromatic rings. The first kappa shape index (κ1) is 20.0. The molecule has 1 N–H and O–H groups in total. The standard InChI is InChI=1S/C15H10F8O3/c1-2-3-4-5-8(16)11(19)10(18)6-9(17)7(13(24)25)14(20,15(21,22)23)26-12(5)6/h2-4H2,1H3,(H,24,25). The van der Waals surface area contributed by atoms with Gasteiger partial charge >= 0.3 is 18.0 Å². The third kappa shape index (κ3) is 2.78. The highest BCUT2D eigenvalue weighted by molar-refractivity contribution is 5.98. The van der Waals surface area contributed by atoms with Crippen molar-refractivity contribution in [1.29, 1.82) is 0 Å². The van der Waals surface area contributed by atoms with Crippen LogP contribution in [0.15, 0.2) is 5.57 Å². The predicted molar refractivity (Wildman–Crippen MR) is 71.1 cm³/mol. The Morgan fingerprint density at radius 1 is 1.12 bits per heavy atom. The van der Waals surface area contributed by atoms with Gasteiger partial charge in [0.2, 0.25) is 0 Å². The summed E-state index contributed by atoms with van der Waals surface area (Å²) in [6.07, 6.45) is -6.25. The zero-order chi connectivity index (χ0) is 20.0. The van der Waals surface area contributed by atoms with Gasteiger partial charge in [0.05, 0.1) is 5.56 Å². The van der Waals surface area contributed by atoms with E-state index >= 15 is 0 Å². The Morgan fingerprint density at radius 3 is 2.15 bits per heavy atom. The number of benzene rings is 1. The molecule has 1 aliphatic rings. The van der Waals surface area contributed by atoms with Crippen LogP contribution in [0.5, 0.6) is 5.75 Å². The van der Waals surface area contributed by atoms with Gasteiger partial charge in [-0.15, -0.1) is 0 Å². The summed E-state index contributed by atoms with van der Waals surface area (Å²) < 4.78 is 113. The van der Waals surface area contributed by atoms with Crippen LogP contribution in [0.4, 0.5) is 35.1 Å². The molecule has 26 heavy (non-hydrogen) atoms. The van der Waals surface area contributed by atoms with Crippen LogP contribution in [0, 0.1) is 17.5 Å². The van der Waals surface area contributed by atoms with E-state index in [4.69, 9.17) is 5.11 Å². The molecule has 1 aromatic carbocycles. The summed E-state index contributed by atoms with van der Waals surface area (Å²) in [6, 6.07) is 0. The van der Waals surface area contributed by atoms with Gasteiger partial charge in [0.25, 0.3) is 0 Å². The molecule has 0 aliphatic carbocycles. The molecule has 0 amide bonds. The zero-order valence-corrected chi connectivity index (χ0v) is 12.9. The topological polar surface area (TPSA) is 46.5 Å². The lowest BCUT2D eigenvalue weighted by Gasteiger charge is -2.34. The number of fused-ring (bicyclic) bond motifs is 1. The maximum Gasteiger partial charge on any atom is 0.465 e. The Hall–Kier alpha value is -2.33. The molecular weight excluding hydrogens is 380 g/mol. The Labute approximate surface area is 140 Å². The summed E-state index contributed by atoms with van der Waals surface area (Å²) in [7, 11) is 0. The van der Waals surface area contributed by atoms with Crippen molar-refractivity contribution < 1.29 is 49.8 Å². The van der Waals surface area contributed by atoms with E-state index in [-0.39, 0.29) is 6.42 Å². The quantitative estimate of drug-likeness (QED) is 0.592. The second-order valence-electron chi connectivity index (χ2n) is 5.42. The molecule has 144 valence electrons. The van der Waals surface area contributed by atoms with Gasteiger partial charge in [-0.25, -0.2) is 22.4 Å². The highest BCUT2D eigenvalue weighted by Crippen LogP contribution is 2.52. The lowest BCUT2D eigenvalue weighted by molar-refractivity contribution is -0.285. The fourth-order valence-corrected chi connectivity index (χ4v) is 2.46. The normalized spacial score (nSPS) is 20.0. The minimum atomic E-state index is -6.10. The molecule has 1 aliphatic heterocycles. The number of alkyl halides is 4. The SMILES string of the molecule is CCCCc1c(F)c(F)c(F)c2c1OC(F)(C(F)(F)F)C(C(=O)O)=C2F. The molecule has 2 rings (SSSR count). The molecule has 1 unspecified atom stereocenters. The number of hydrogen-bond acceptors (Lipinski definition) is 2. The molecule has 0 bridgehead atoms. The van der Waals surface area contributed by atoms with Gasteiger partial charge in [0, 0.05) is 5.56 Å². The number of carboxylic acids is 1. The highest BCUT2D eigenvalue weighted by Gasteiger charge is 2.67. The molecule has 0 fully saturated rings. The summed E-state index contributed by atoms with van der Waals surface area (Å²) in [6.45, 7) is 1.57. The van der Waals surface area contributed by atoms with Gasteiger partial charge in [0.1, 0.15) is 5.75 Å². The first-order chi connectivity index (χ1) is 11.9. The van der Waals surface area contributed by atoms with Crippen LogP contribution >= 0.6 is 0 Å². The van der Waals surface area contributed by atoms with Crippen LogP contribution in [-0.2, 0) is 11.2 Å². The molecule has 0 aromatic heterocycles. The highest BCUT2D eigenvalue weighted by atomic mass is 19.4. The van der Waals surface area contributed by atoms with E-state index in [0.717, 1.165) is 0 Å². The summed E-state index contributed by atoms with van der Waals surface area (Å²) in [5.74, 6) is -18.6. The minimum Gasteiger partial charge on any atom is -0.478 e. The van der Waals surface area contributed by atoms with Crippen molar-refractivity contribution in [3.8, 4) is 5.75 Å². The molecule has 0 saturated carbocycles. The van der Waals surface area contributed by atoms with Crippen LogP contribution in [-0.4, -0.2) is 23.1 Å². The van der Waals surface area contributed by atoms with Crippen LogP contribution < -0.4 is 4.74 Å². The number of ether oxygens (including phenoxy) is 1. The number of carbonyl (C=O) groups is 1. The lowest BCUT2D eigenvalue weighted by Crippen LogP contribution is -2.52. The van der Waals surface area contributed by atoms with Crippen molar-refractivity contribution in [2.45, 2.75) is 38.2 Å². The van der Waals surface area contributed by atoms with Crippen molar-refractivity contribution in [1.82, 2.24) is 0 Å². The first-order valence-corrected chi connectivity index (χ1v) is 7.16. The Balaban J connectivity index is 2.93. The van der Waals surface area contributed by atoms with E-state index in [1.807, 2.05) is 0 Å². The average molecular weight is 390 g/mol. The first-order valence-electron chi connectivity index (χ1n) is 7.16. The second-order valence-corrected chi connectivity index (χ2v) is 5.42. The van der Waals surface area contributed by atoms with Crippen molar-refractivity contribution in [3.63, 3.8) is 0 Å².